The number of para-hydroxylation sites is 1. The van der Waals surface area contributed by atoms with E-state index in [-0.39, 0.29) is 11.9 Å². The zero-order valence-corrected chi connectivity index (χ0v) is 15.2. The molecule has 0 N–H and O–H groups in total. The number of nitriles is 1. The van der Waals surface area contributed by atoms with Gasteiger partial charge >= 0.3 is 0 Å². The second-order valence-corrected chi connectivity index (χ2v) is 6.68. The lowest BCUT2D eigenvalue weighted by atomic mass is 9.96. The monoisotopic (exact) mass is 354 g/mol. The number of hydrogen-bond acceptors (Lipinski definition) is 4. The van der Waals surface area contributed by atoms with Crippen LogP contribution in [-0.2, 0) is 4.79 Å². The highest BCUT2D eigenvalue weighted by Gasteiger charge is 2.32. The second kappa shape index (κ2) is 6.65. The number of benzene rings is 2. The third-order valence-electron chi connectivity index (χ3n) is 4.88. The Balaban J connectivity index is 1.74. The normalized spacial score (nSPS) is 16.3. The van der Waals surface area contributed by atoms with Gasteiger partial charge < -0.3 is 0 Å². The minimum atomic E-state index is -0.170. The Morgan fingerprint density at radius 2 is 1.93 bits per heavy atom. The molecule has 0 saturated carbocycles. The minimum Gasteiger partial charge on any atom is -0.273 e. The average Bonchev–Trinajstić information content (AvgIpc) is 3.13. The minimum absolute atomic E-state index is 0.106. The van der Waals surface area contributed by atoms with Gasteiger partial charge in [0.15, 0.2) is 0 Å². The second-order valence-electron chi connectivity index (χ2n) is 6.68. The Morgan fingerprint density at radius 1 is 1.19 bits per heavy atom. The van der Waals surface area contributed by atoms with E-state index < -0.39 is 0 Å². The van der Waals surface area contributed by atoms with Crippen molar-refractivity contribution in [1.82, 2.24) is 9.99 Å². The van der Waals surface area contributed by atoms with Crippen LogP contribution >= 0.6 is 0 Å². The lowest BCUT2D eigenvalue weighted by Gasteiger charge is -2.20. The molecule has 2 aromatic carbocycles. The largest absolute Gasteiger partial charge is 0.273 e. The number of carbonyl (C=O) groups is 1. The molecule has 4 rings (SSSR count). The fraction of sp³-hybridized carbons (Fsp3) is 0.182. The van der Waals surface area contributed by atoms with Crippen molar-refractivity contribution in [3.05, 3.63) is 77.0 Å². The molecule has 0 bridgehead atoms. The molecule has 5 heteroatoms. The van der Waals surface area contributed by atoms with Gasteiger partial charge in [0.25, 0.3) is 0 Å². The molecule has 132 valence electrons. The Hall–Kier alpha value is -3.52. The van der Waals surface area contributed by atoms with Crippen LogP contribution < -0.4 is 0 Å². The van der Waals surface area contributed by atoms with E-state index in [1.807, 2.05) is 43.3 Å². The predicted octanol–water partition coefficient (Wildman–Crippen LogP) is 4.11. The smallest absolute Gasteiger partial charge is 0.240 e. The summed E-state index contributed by atoms with van der Waals surface area (Å²) in [5, 5.41) is 16.2. The van der Waals surface area contributed by atoms with Gasteiger partial charge in [0.1, 0.15) is 0 Å². The van der Waals surface area contributed by atoms with E-state index in [4.69, 9.17) is 10.2 Å². The summed E-state index contributed by atoms with van der Waals surface area (Å²) >= 11 is 0. The number of hydrazone groups is 1. The number of amides is 1. The van der Waals surface area contributed by atoms with E-state index in [0.717, 1.165) is 33.4 Å². The maximum Gasteiger partial charge on any atom is 0.240 e. The molecule has 0 aliphatic carbocycles. The quantitative estimate of drug-likeness (QED) is 0.695. The number of nitrogens with zero attached hydrogens (tertiary/aromatic N) is 4. The van der Waals surface area contributed by atoms with Crippen molar-refractivity contribution >= 4 is 22.5 Å². The molecule has 0 saturated heterocycles. The Labute approximate surface area is 157 Å². The highest BCUT2D eigenvalue weighted by atomic mass is 16.2. The van der Waals surface area contributed by atoms with Gasteiger partial charge in [-0.1, -0.05) is 30.3 Å². The summed E-state index contributed by atoms with van der Waals surface area (Å²) in [7, 11) is 0. The van der Waals surface area contributed by atoms with Gasteiger partial charge in [-0.2, -0.15) is 10.4 Å². The number of pyridine rings is 1. The molecule has 5 nitrogen and oxygen atoms in total. The van der Waals surface area contributed by atoms with Gasteiger partial charge in [0.05, 0.1) is 28.9 Å². The van der Waals surface area contributed by atoms with Crippen LogP contribution in [0.15, 0.2) is 59.7 Å². The summed E-state index contributed by atoms with van der Waals surface area (Å²) in [6.07, 6.45) is 0.617. The first kappa shape index (κ1) is 16.9. The van der Waals surface area contributed by atoms with Gasteiger partial charge in [-0.05, 0) is 36.8 Å². The third-order valence-corrected chi connectivity index (χ3v) is 4.88. The molecule has 0 radical (unpaired) electrons. The van der Waals surface area contributed by atoms with Crippen LogP contribution in [0.4, 0.5) is 0 Å². The Morgan fingerprint density at radius 3 is 2.63 bits per heavy atom. The molecule has 1 unspecified atom stereocenters. The molecule has 1 aromatic heterocycles. The first-order valence-corrected chi connectivity index (χ1v) is 8.81. The molecule has 1 atom stereocenters. The van der Waals surface area contributed by atoms with Crippen molar-refractivity contribution in [1.29, 1.82) is 5.26 Å². The maximum atomic E-state index is 12.2. The molecular weight excluding hydrogens is 336 g/mol. The number of aromatic nitrogens is 1. The molecule has 2 heterocycles. The van der Waals surface area contributed by atoms with Crippen molar-refractivity contribution in [3.63, 3.8) is 0 Å². The van der Waals surface area contributed by atoms with Crippen LogP contribution in [-0.4, -0.2) is 21.6 Å². The van der Waals surface area contributed by atoms with Crippen LogP contribution in [0.25, 0.3) is 10.9 Å². The van der Waals surface area contributed by atoms with Crippen molar-refractivity contribution in [2.45, 2.75) is 26.3 Å². The number of fused-ring (bicyclic) bond motifs is 1. The summed E-state index contributed by atoms with van der Waals surface area (Å²) in [5.74, 6) is -0.106. The van der Waals surface area contributed by atoms with Gasteiger partial charge in [0.2, 0.25) is 5.91 Å². The fourth-order valence-electron chi connectivity index (χ4n) is 3.51. The number of carbonyl (C=O) groups excluding carboxylic acids is 1. The number of aryl methyl sites for hydroxylation is 1. The summed E-state index contributed by atoms with van der Waals surface area (Å²) in [6.45, 7) is 3.49. The van der Waals surface area contributed by atoms with Crippen LogP contribution in [0.2, 0.25) is 0 Å². The van der Waals surface area contributed by atoms with E-state index in [2.05, 4.69) is 17.2 Å². The van der Waals surface area contributed by atoms with E-state index >= 15 is 0 Å². The molecule has 1 aliphatic rings. The summed E-state index contributed by atoms with van der Waals surface area (Å²) < 4.78 is 0. The molecule has 1 amide bonds. The summed E-state index contributed by atoms with van der Waals surface area (Å²) in [4.78, 5) is 16.9. The number of hydrogen-bond donors (Lipinski definition) is 0. The third kappa shape index (κ3) is 3.06. The highest BCUT2D eigenvalue weighted by molar-refractivity contribution is 6.05. The van der Waals surface area contributed by atoms with E-state index in [1.54, 1.807) is 12.1 Å². The van der Waals surface area contributed by atoms with Crippen molar-refractivity contribution < 1.29 is 4.79 Å². The van der Waals surface area contributed by atoms with Crippen LogP contribution in [0.1, 0.15) is 41.8 Å². The Bertz CT molecular complexity index is 1110. The Kier molecular flexibility index (Phi) is 4.17. The molecule has 0 fully saturated rings. The lowest BCUT2D eigenvalue weighted by Crippen LogP contribution is -2.24. The summed E-state index contributed by atoms with van der Waals surface area (Å²) in [5.41, 5.74) is 5.24. The van der Waals surface area contributed by atoms with Gasteiger partial charge in [-0.25, -0.2) is 5.01 Å². The molecule has 27 heavy (non-hydrogen) atoms. The van der Waals surface area contributed by atoms with E-state index in [1.165, 1.54) is 11.9 Å². The van der Waals surface area contributed by atoms with Gasteiger partial charge in [-0.15, -0.1) is 0 Å². The predicted molar refractivity (Wildman–Crippen MR) is 104 cm³/mol. The van der Waals surface area contributed by atoms with Crippen LogP contribution in [0.5, 0.6) is 0 Å². The molecule has 3 aromatic rings. The van der Waals surface area contributed by atoms with E-state index in [0.29, 0.717) is 12.0 Å². The van der Waals surface area contributed by atoms with Crippen molar-refractivity contribution in [2.24, 2.45) is 5.10 Å². The molecule has 0 spiro atoms. The van der Waals surface area contributed by atoms with E-state index in [9.17, 15) is 4.79 Å². The topological polar surface area (TPSA) is 69.3 Å². The standard InChI is InChI=1S/C22H18N4O/c1-14-19(11-18-5-3-4-6-20(18)24-14)21-12-22(26(25-21)15(2)27)17-9-7-16(13-23)8-10-17/h3-11,22H,12H2,1-2H3. The van der Waals surface area contributed by atoms with Crippen molar-refractivity contribution in [3.8, 4) is 6.07 Å². The molecule has 1 aliphatic heterocycles. The SMILES string of the molecule is CC(=O)N1N=C(c2cc3ccccc3nc2C)CC1c1ccc(C#N)cc1. The van der Waals surface area contributed by atoms with Crippen LogP contribution in [0.3, 0.4) is 0 Å². The zero-order valence-electron chi connectivity index (χ0n) is 15.2. The average molecular weight is 354 g/mol. The molecular formula is C22H18N4O. The number of rotatable bonds is 2. The first-order valence-electron chi connectivity index (χ1n) is 8.81. The summed E-state index contributed by atoms with van der Waals surface area (Å²) in [6, 6.07) is 19.4. The van der Waals surface area contributed by atoms with Gasteiger partial charge in [0, 0.05) is 30.0 Å². The fourth-order valence-corrected chi connectivity index (χ4v) is 3.51. The maximum absolute atomic E-state index is 12.2. The zero-order chi connectivity index (χ0) is 19.0. The van der Waals surface area contributed by atoms with Crippen LogP contribution in [0, 0.1) is 18.3 Å². The highest BCUT2D eigenvalue weighted by Crippen LogP contribution is 2.34. The first-order chi connectivity index (χ1) is 13.1. The van der Waals surface area contributed by atoms with Gasteiger partial charge in [-0.3, -0.25) is 9.78 Å². The van der Waals surface area contributed by atoms with Crippen molar-refractivity contribution in [2.75, 3.05) is 0 Å². The lowest BCUT2D eigenvalue weighted by molar-refractivity contribution is -0.130.